The van der Waals surface area contributed by atoms with Crippen LogP contribution in [-0.4, -0.2) is 67.2 Å². The predicted octanol–water partition coefficient (Wildman–Crippen LogP) is 5.87. The van der Waals surface area contributed by atoms with Crippen molar-refractivity contribution in [2.45, 2.75) is 52.6 Å². The molecule has 1 fully saturated rings. The SMILES string of the molecule is CC(C)(C)N1CCN(C(C)(C)C)[Si]12N([Si](c1ccccc1)(c1ccccc1)c1ccccc1)N=NN2[Si](c1ccccc1)(c1ccccc1)c1ccccc1. The maximum atomic E-state index is 5.78. The molecule has 9 heteroatoms. The largest absolute Gasteiger partial charge is 0.460 e. The fourth-order valence-corrected chi connectivity index (χ4v) is 29.8. The zero-order valence-electron chi connectivity index (χ0n) is 32.9. The lowest BCUT2D eigenvalue weighted by Crippen LogP contribution is -2.94. The molecule has 55 heavy (non-hydrogen) atoms. The highest BCUT2D eigenvalue weighted by Gasteiger charge is 2.77. The average Bonchev–Trinajstić information content (AvgIpc) is 3.81. The summed E-state index contributed by atoms with van der Waals surface area (Å²) in [5.74, 6) is 0. The number of hydrogen-bond donors (Lipinski definition) is 0. The van der Waals surface area contributed by atoms with E-state index < -0.39 is 25.2 Å². The Morgan fingerprint density at radius 1 is 0.364 bits per heavy atom. The van der Waals surface area contributed by atoms with Crippen LogP contribution in [0.2, 0.25) is 0 Å². The Morgan fingerprint density at radius 3 is 0.745 bits per heavy atom. The maximum absolute atomic E-state index is 5.78. The minimum Gasteiger partial charge on any atom is -0.272 e. The highest BCUT2D eigenvalue weighted by Crippen LogP contribution is 2.46. The first-order valence-electron chi connectivity index (χ1n) is 19.5. The van der Waals surface area contributed by atoms with Gasteiger partial charge >= 0.3 is 8.72 Å². The molecule has 0 aromatic heterocycles. The van der Waals surface area contributed by atoms with Gasteiger partial charge < -0.3 is 0 Å². The van der Waals surface area contributed by atoms with Crippen LogP contribution in [0.25, 0.3) is 0 Å². The molecule has 6 aromatic carbocycles. The molecule has 2 heterocycles. The third kappa shape index (κ3) is 5.79. The molecule has 1 spiro atoms. The molecule has 2 aliphatic rings. The maximum Gasteiger partial charge on any atom is 0.460 e. The second-order valence-corrected chi connectivity index (χ2v) is 27.8. The van der Waals surface area contributed by atoms with Crippen LogP contribution in [0, 0.1) is 0 Å². The van der Waals surface area contributed by atoms with Gasteiger partial charge in [0.2, 0.25) is 0 Å². The first kappa shape index (κ1) is 37.0. The van der Waals surface area contributed by atoms with Gasteiger partial charge in [-0.15, -0.1) is 0 Å². The summed E-state index contributed by atoms with van der Waals surface area (Å²) in [6.07, 6.45) is 0. The third-order valence-corrected chi connectivity index (χ3v) is 28.3. The molecule has 0 saturated carbocycles. The van der Waals surface area contributed by atoms with Crippen LogP contribution in [-0.2, 0) is 0 Å². The molecule has 278 valence electrons. The van der Waals surface area contributed by atoms with Crippen molar-refractivity contribution in [3.8, 4) is 0 Å². The van der Waals surface area contributed by atoms with Crippen LogP contribution in [0.4, 0.5) is 0 Å². The van der Waals surface area contributed by atoms with E-state index in [1.165, 1.54) is 31.1 Å². The molecular weight excluding hydrogens is 721 g/mol. The summed E-state index contributed by atoms with van der Waals surface area (Å²) in [5, 5.41) is 19.3. The van der Waals surface area contributed by atoms with Crippen molar-refractivity contribution in [3.05, 3.63) is 182 Å². The number of benzene rings is 6. The second kappa shape index (κ2) is 14.3. The van der Waals surface area contributed by atoms with Gasteiger partial charge in [-0.2, -0.15) is 0 Å². The molecule has 0 radical (unpaired) electrons. The Kier molecular flexibility index (Phi) is 9.63. The Hall–Kier alpha value is -4.91. The van der Waals surface area contributed by atoms with Crippen molar-refractivity contribution in [1.82, 2.24) is 17.8 Å². The van der Waals surface area contributed by atoms with Crippen molar-refractivity contribution < 1.29 is 0 Å². The molecule has 0 aliphatic carbocycles. The zero-order chi connectivity index (χ0) is 38.3. The minimum absolute atomic E-state index is 0.230. The van der Waals surface area contributed by atoms with Crippen molar-refractivity contribution >= 4 is 56.3 Å². The fraction of sp³-hybridized carbons (Fsp3) is 0.217. The average molecular weight is 773 g/mol. The summed E-state index contributed by atoms with van der Waals surface area (Å²) < 4.78 is 11.1. The molecule has 0 atom stereocenters. The highest BCUT2D eigenvalue weighted by molar-refractivity contribution is 7.18. The van der Waals surface area contributed by atoms with E-state index in [4.69, 9.17) is 10.4 Å². The second-order valence-electron chi connectivity index (χ2n) is 16.7. The van der Waals surface area contributed by atoms with E-state index in [0.29, 0.717) is 0 Å². The molecular formula is C46H52N6Si3. The van der Waals surface area contributed by atoms with Crippen LogP contribution >= 0.6 is 0 Å². The van der Waals surface area contributed by atoms with Gasteiger partial charge in [0.1, 0.15) is 0 Å². The lowest BCUT2D eigenvalue weighted by atomic mass is 10.1. The molecule has 2 aliphatic heterocycles. The first-order chi connectivity index (χ1) is 26.6. The zero-order valence-corrected chi connectivity index (χ0v) is 35.9. The molecule has 0 N–H and O–H groups in total. The van der Waals surface area contributed by atoms with Gasteiger partial charge in [-0.1, -0.05) is 192 Å². The van der Waals surface area contributed by atoms with Crippen molar-refractivity contribution in [2.24, 2.45) is 10.4 Å². The van der Waals surface area contributed by atoms with E-state index in [2.05, 4.69) is 241 Å². The van der Waals surface area contributed by atoms with E-state index in [1.54, 1.807) is 0 Å². The molecule has 1 saturated heterocycles. The Bertz CT molecular complexity index is 1860. The number of nitrogens with zero attached hydrogens (tertiary/aromatic N) is 6. The summed E-state index contributed by atoms with van der Waals surface area (Å²) >= 11 is 0. The van der Waals surface area contributed by atoms with Gasteiger partial charge in [-0.25, -0.2) is 0 Å². The van der Waals surface area contributed by atoms with Crippen LogP contribution in [0.3, 0.4) is 0 Å². The van der Waals surface area contributed by atoms with Crippen LogP contribution in [0.5, 0.6) is 0 Å². The van der Waals surface area contributed by atoms with Crippen LogP contribution in [0.15, 0.2) is 192 Å². The third-order valence-electron chi connectivity index (χ3n) is 11.5. The van der Waals surface area contributed by atoms with Crippen LogP contribution in [0.1, 0.15) is 41.5 Å². The van der Waals surface area contributed by atoms with Crippen molar-refractivity contribution in [1.29, 1.82) is 0 Å². The van der Waals surface area contributed by atoms with Gasteiger partial charge in [0, 0.05) is 24.2 Å². The van der Waals surface area contributed by atoms with Gasteiger partial charge in [0.25, 0.3) is 16.5 Å². The molecule has 0 amide bonds. The lowest BCUT2D eigenvalue weighted by molar-refractivity contribution is 0.204. The number of hydrogen-bond acceptors (Lipinski definition) is 6. The van der Waals surface area contributed by atoms with E-state index in [9.17, 15) is 0 Å². The van der Waals surface area contributed by atoms with Gasteiger partial charge in [-0.3, -0.25) is 17.8 Å². The Morgan fingerprint density at radius 2 is 0.564 bits per heavy atom. The molecule has 6 nitrogen and oxygen atoms in total. The normalized spacial score (nSPS) is 16.6. The minimum atomic E-state index is -3.50. The summed E-state index contributed by atoms with van der Waals surface area (Å²) in [6.45, 7) is 16.2. The smallest absolute Gasteiger partial charge is 0.272 e. The lowest BCUT2D eigenvalue weighted by Gasteiger charge is -2.60. The first-order valence-corrected chi connectivity index (χ1v) is 25.2. The standard InChI is InChI=1S/C46H52N6Si3/c1-45(2,3)49-37-38-50(46(4,5)6)55(49)51(53(39-25-13-7-14-26-39,40-27-15-8-16-28-40)41-29-17-9-18-30-41)47-48-52(55)54(42-31-19-10-20-32-42,43-33-21-11-22-34-43)44-35-23-12-24-36-44/h7-36H,37-38H2,1-6H3. The predicted molar refractivity (Wildman–Crippen MR) is 235 cm³/mol. The quantitative estimate of drug-likeness (QED) is 0.144. The Balaban J connectivity index is 1.59. The van der Waals surface area contributed by atoms with E-state index in [-0.39, 0.29) is 11.1 Å². The number of rotatable bonds is 8. The monoisotopic (exact) mass is 772 g/mol. The Labute approximate surface area is 330 Å². The summed E-state index contributed by atoms with van der Waals surface area (Å²) in [7, 11) is -10.0. The van der Waals surface area contributed by atoms with E-state index in [0.717, 1.165) is 13.1 Å². The van der Waals surface area contributed by atoms with E-state index >= 15 is 0 Å². The van der Waals surface area contributed by atoms with Gasteiger partial charge in [0.05, 0.1) is 0 Å². The summed E-state index contributed by atoms with van der Waals surface area (Å²) in [4.78, 5) is 0. The van der Waals surface area contributed by atoms with Crippen LogP contribution < -0.4 is 31.1 Å². The molecule has 8 rings (SSSR count). The summed E-state index contributed by atoms with van der Waals surface area (Å²) in [5.41, 5.74) is -0.459. The topological polar surface area (TPSA) is 37.7 Å². The summed E-state index contributed by atoms with van der Waals surface area (Å²) in [6, 6.07) is 67.5. The molecule has 0 bridgehead atoms. The molecule has 6 aromatic rings. The van der Waals surface area contributed by atoms with Crippen molar-refractivity contribution in [3.63, 3.8) is 0 Å². The van der Waals surface area contributed by atoms with Crippen molar-refractivity contribution in [2.75, 3.05) is 13.1 Å². The molecule has 0 unspecified atom stereocenters. The van der Waals surface area contributed by atoms with Gasteiger partial charge in [-0.05, 0) is 72.7 Å². The van der Waals surface area contributed by atoms with E-state index in [1.807, 2.05) is 0 Å². The fourth-order valence-electron chi connectivity index (χ4n) is 9.36. The van der Waals surface area contributed by atoms with Gasteiger partial charge in [0.15, 0.2) is 0 Å². The highest BCUT2D eigenvalue weighted by atomic mass is 28.5.